The van der Waals surface area contributed by atoms with Crippen LogP contribution in [0.3, 0.4) is 0 Å². The van der Waals surface area contributed by atoms with Crippen molar-refractivity contribution >= 4 is 11.7 Å². The fourth-order valence-electron chi connectivity index (χ4n) is 3.65. The van der Waals surface area contributed by atoms with E-state index in [1.807, 2.05) is 11.8 Å². The Morgan fingerprint density at radius 1 is 1.52 bits per heavy atom. The number of carbonyl (C=O) groups is 1. The molecule has 0 radical (unpaired) electrons. The van der Waals surface area contributed by atoms with Crippen molar-refractivity contribution in [3.8, 4) is 0 Å². The molecule has 1 aliphatic rings. The average Bonchev–Trinajstić information content (AvgIpc) is 2.37. The van der Waals surface area contributed by atoms with E-state index in [1.165, 1.54) is 6.07 Å². The summed E-state index contributed by atoms with van der Waals surface area (Å²) in [7, 11) is 0. The highest BCUT2D eigenvalue weighted by Gasteiger charge is 2.42. The molecule has 4 heteroatoms. The van der Waals surface area contributed by atoms with Gasteiger partial charge in [0.1, 0.15) is 11.9 Å². The van der Waals surface area contributed by atoms with Gasteiger partial charge in [0.2, 0.25) is 0 Å². The average molecular weight is 293 g/mol. The maximum absolute atomic E-state index is 13.6. The van der Waals surface area contributed by atoms with Gasteiger partial charge in [-0.15, -0.1) is 0 Å². The molecule has 0 saturated carbocycles. The molecule has 1 heterocycles. The number of aliphatic carboxylic acids is 1. The predicted molar refractivity (Wildman–Crippen MR) is 82.3 cm³/mol. The summed E-state index contributed by atoms with van der Waals surface area (Å²) in [5.41, 5.74) is 1.51. The smallest absolute Gasteiger partial charge is 0.326 e. The summed E-state index contributed by atoms with van der Waals surface area (Å²) in [6.07, 6.45) is 2.20. The van der Waals surface area contributed by atoms with Gasteiger partial charge >= 0.3 is 5.97 Å². The van der Waals surface area contributed by atoms with Crippen LogP contribution in [0.2, 0.25) is 0 Å². The van der Waals surface area contributed by atoms with Crippen LogP contribution >= 0.6 is 0 Å². The minimum Gasteiger partial charge on any atom is -0.480 e. The number of nitrogens with zero attached hydrogens (tertiary/aromatic N) is 1. The molecule has 1 aromatic rings. The van der Waals surface area contributed by atoms with Crippen molar-refractivity contribution in [2.75, 3.05) is 4.90 Å². The summed E-state index contributed by atoms with van der Waals surface area (Å²) in [5, 5.41) is 9.62. The number of anilines is 1. The van der Waals surface area contributed by atoms with Crippen LogP contribution in [0.15, 0.2) is 18.2 Å². The van der Waals surface area contributed by atoms with Crippen molar-refractivity contribution < 1.29 is 14.3 Å². The van der Waals surface area contributed by atoms with Gasteiger partial charge in [0.05, 0.1) is 0 Å². The van der Waals surface area contributed by atoms with E-state index in [4.69, 9.17) is 0 Å². The number of hydrogen-bond donors (Lipinski definition) is 1. The van der Waals surface area contributed by atoms with E-state index in [9.17, 15) is 14.3 Å². The monoisotopic (exact) mass is 293 g/mol. The van der Waals surface area contributed by atoms with Crippen molar-refractivity contribution in [2.45, 2.75) is 64.5 Å². The third-order valence-electron chi connectivity index (χ3n) is 4.40. The SMILES string of the molecule is CCC[C@H](C(=O)O)N1c2ccc(F)cc2[C@@H](C)CC1(C)C. The molecule has 3 nitrogen and oxygen atoms in total. The fraction of sp³-hybridized carbons (Fsp3) is 0.588. The van der Waals surface area contributed by atoms with Crippen LogP contribution in [-0.2, 0) is 4.79 Å². The molecular formula is C17H24FNO2. The largest absolute Gasteiger partial charge is 0.480 e. The highest BCUT2D eigenvalue weighted by Crippen LogP contribution is 2.45. The number of rotatable bonds is 4. The summed E-state index contributed by atoms with van der Waals surface area (Å²) in [6.45, 7) is 8.21. The van der Waals surface area contributed by atoms with Crippen LogP contribution in [0.1, 0.15) is 58.4 Å². The van der Waals surface area contributed by atoms with Gasteiger partial charge in [-0.2, -0.15) is 0 Å². The van der Waals surface area contributed by atoms with Crippen LogP contribution in [0.5, 0.6) is 0 Å². The number of carboxylic acids is 1. The van der Waals surface area contributed by atoms with E-state index >= 15 is 0 Å². The van der Waals surface area contributed by atoms with E-state index in [0.29, 0.717) is 6.42 Å². The summed E-state index contributed by atoms with van der Waals surface area (Å²) >= 11 is 0. The lowest BCUT2D eigenvalue weighted by Crippen LogP contribution is -2.56. The van der Waals surface area contributed by atoms with Gasteiger partial charge in [0.25, 0.3) is 0 Å². The molecule has 2 atom stereocenters. The van der Waals surface area contributed by atoms with E-state index < -0.39 is 12.0 Å². The normalized spacial score (nSPS) is 21.8. The Hall–Kier alpha value is -1.58. The maximum Gasteiger partial charge on any atom is 0.326 e. The van der Waals surface area contributed by atoms with Gasteiger partial charge < -0.3 is 10.0 Å². The Kier molecular flexibility index (Phi) is 4.26. The van der Waals surface area contributed by atoms with Crippen molar-refractivity contribution in [1.82, 2.24) is 0 Å². The number of benzene rings is 1. The zero-order valence-electron chi connectivity index (χ0n) is 13.2. The van der Waals surface area contributed by atoms with Crippen LogP contribution < -0.4 is 4.90 Å². The summed E-state index contributed by atoms with van der Waals surface area (Å²) in [6, 6.07) is 4.13. The Morgan fingerprint density at radius 2 is 2.19 bits per heavy atom. The van der Waals surface area contributed by atoms with Crippen molar-refractivity contribution in [2.24, 2.45) is 0 Å². The van der Waals surface area contributed by atoms with Gasteiger partial charge in [-0.05, 0) is 56.4 Å². The summed E-state index contributed by atoms with van der Waals surface area (Å²) in [5.74, 6) is -0.851. The first kappa shape index (κ1) is 15.8. The van der Waals surface area contributed by atoms with E-state index in [0.717, 1.165) is 24.1 Å². The van der Waals surface area contributed by atoms with E-state index in [-0.39, 0.29) is 17.3 Å². The van der Waals surface area contributed by atoms with Crippen LogP contribution in [0.4, 0.5) is 10.1 Å². The minimum atomic E-state index is -0.810. The van der Waals surface area contributed by atoms with Gasteiger partial charge in [-0.25, -0.2) is 9.18 Å². The summed E-state index contributed by atoms with van der Waals surface area (Å²) < 4.78 is 13.6. The minimum absolute atomic E-state index is 0.220. The van der Waals surface area contributed by atoms with Gasteiger partial charge in [-0.1, -0.05) is 20.3 Å². The Bertz CT molecular complexity index is 542. The van der Waals surface area contributed by atoms with Crippen molar-refractivity contribution in [3.63, 3.8) is 0 Å². The standard InChI is InChI=1S/C17H24FNO2/c1-5-6-15(16(20)21)19-14-8-7-12(18)9-13(14)11(2)10-17(19,3)4/h7-9,11,15H,5-6,10H2,1-4H3,(H,20,21)/t11-,15+/m0/s1. The molecule has 2 rings (SSSR count). The second-order valence-electron chi connectivity index (χ2n) is 6.63. The van der Waals surface area contributed by atoms with Gasteiger partial charge in [-0.3, -0.25) is 0 Å². The second-order valence-corrected chi connectivity index (χ2v) is 6.63. The first-order chi connectivity index (χ1) is 9.77. The van der Waals surface area contributed by atoms with Crippen LogP contribution in [-0.4, -0.2) is 22.7 Å². The molecule has 0 fully saturated rings. The Labute approximate surface area is 125 Å². The molecule has 1 N–H and O–H groups in total. The number of hydrogen-bond acceptors (Lipinski definition) is 2. The Morgan fingerprint density at radius 3 is 2.76 bits per heavy atom. The molecular weight excluding hydrogens is 269 g/mol. The fourth-order valence-corrected chi connectivity index (χ4v) is 3.65. The lowest BCUT2D eigenvalue weighted by atomic mass is 9.78. The van der Waals surface area contributed by atoms with Gasteiger partial charge in [0, 0.05) is 11.2 Å². The lowest BCUT2D eigenvalue weighted by Gasteiger charge is -2.50. The first-order valence-corrected chi connectivity index (χ1v) is 7.59. The van der Waals surface area contributed by atoms with Gasteiger partial charge in [0.15, 0.2) is 0 Å². The molecule has 0 amide bonds. The zero-order chi connectivity index (χ0) is 15.8. The lowest BCUT2D eigenvalue weighted by molar-refractivity contribution is -0.139. The molecule has 21 heavy (non-hydrogen) atoms. The molecule has 1 aromatic carbocycles. The molecule has 0 spiro atoms. The number of halogens is 1. The molecule has 0 saturated heterocycles. The molecule has 0 aliphatic carbocycles. The van der Waals surface area contributed by atoms with Crippen molar-refractivity contribution in [3.05, 3.63) is 29.6 Å². The number of carboxylic acid groups (broad SMARTS) is 1. The predicted octanol–water partition coefficient (Wildman–Crippen LogP) is 4.17. The first-order valence-electron chi connectivity index (χ1n) is 7.59. The van der Waals surface area contributed by atoms with Crippen molar-refractivity contribution in [1.29, 1.82) is 0 Å². The molecule has 1 aliphatic heterocycles. The van der Waals surface area contributed by atoms with E-state index in [2.05, 4.69) is 20.8 Å². The number of fused-ring (bicyclic) bond motifs is 1. The van der Waals surface area contributed by atoms with Crippen LogP contribution in [0, 0.1) is 5.82 Å². The third-order valence-corrected chi connectivity index (χ3v) is 4.40. The summed E-state index contributed by atoms with van der Waals surface area (Å²) in [4.78, 5) is 13.7. The third kappa shape index (κ3) is 2.89. The zero-order valence-corrected chi connectivity index (χ0v) is 13.2. The maximum atomic E-state index is 13.6. The van der Waals surface area contributed by atoms with Crippen LogP contribution in [0.25, 0.3) is 0 Å². The topological polar surface area (TPSA) is 40.5 Å². The quantitative estimate of drug-likeness (QED) is 0.905. The molecule has 0 aromatic heterocycles. The molecule has 0 unspecified atom stereocenters. The molecule has 116 valence electrons. The Balaban J connectivity index is 2.56. The highest BCUT2D eigenvalue weighted by molar-refractivity contribution is 5.80. The second kappa shape index (κ2) is 5.66. The highest BCUT2D eigenvalue weighted by atomic mass is 19.1. The molecule has 0 bridgehead atoms. The van der Waals surface area contributed by atoms with E-state index in [1.54, 1.807) is 12.1 Å².